The van der Waals surface area contributed by atoms with E-state index in [9.17, 15) is 14.4 Å². The van der Waals surface area contributed by atoms with E-state index in [1.54, 1.807) is 45.0 Å². The Hall–Kier alpha value is -3.81. The summed E-state index contributed by atoms with van der Waals surface area (Å²) in [6, 6.07) is 14.6. The number of hydrogen-bond donors (Lipinski definition) is 0. The van der Waals surface area contributed by atoms with E-state index in [0.29, 0.717) is 5.89 Å². The van der Waals surface area contributed by atoms with Crippen LogP contribution in [0.3, 0.4) is 0 Å². The molecule has 0 spiro atoms. The largest absolute Gasteiger partial charge is 0.451 e. The van der Waals surface area contributed by atoms with Crippen LogP contribution in [0.1, 0.15) is 53.5 Å². The zero-order chi connectivity index (χ0) is 22.1. The molecular weight excluding hydrogens is 398 g/mol. The van der Waals surface area contributed by atoms with E-state index in [0.717, 1.165) is 10.5 Å². The fraction of sp³-hybridized carbons (Fsp3) is 0.261. The van der Waals surface area contributed by atoms with Gasteiger partial charge in [0, 0.05) is 5.56 Å². The Kier molecular flexibility index (Phi) is 5.37. The first-order valence-electron chi connectivity index (χ1n) is 9.94. The first-order chi connectivity index (χ1) is 14.9. The van der Waals surface area contributed by atoms with Gasteiger partial charge in [0.25, 0.3) is 17.7 Å². The number of hydrogen-bond acceptors (Lipinski definition) is 7. The number of carbonyl (C=O) groups is 3. The number of fused-ring (bicyclic) bond motifs is 1. The molecule has 4 rings (SSSR count). The van der Waals surface area contributed by atoms with Crippen molar-refractivity contribution in [1.29, 1.82) is 0 Å². The van der Waals surface area contributed by atoms with Gasteiger partial charge in [-0.15, -0.1) is 10.2 Å². The molecule has 0 N–H and O–H groups in total. The fourth-order valence-corrected chi connectivity index (χ4v) is 3.53. The van der Waals surface area contributed by atoms with Gasteiger partial charge in [-0.2, -0.15) is 0 Å². The summed E-state index contributed by atoms with van der Waals surface area (Å²) in [4.78, 5) is 39.7. The Bertz CT molecular complexity index is 1100. The third-order valence-electron chi connectivity index (χ3n) is 5.08. The highest BCUT2D eigenvalue weighted by Gasteiger charge is 2.45. The molecule has 158 valence electrons. The van der Waals surface area contributed by atoms with Crippen molar-refractivity contribution < 1.29 is 23.5 Å². The maximum absolute atomic E-state index is 13.0. The second-order valence-corrected chi connectivity index (χ2v) is 7.61. The molecule has 3 aromatic rings. The Balaban J connectivity index is 1.53. The minimum absolute atomic E-state index is 0.122. The van der Waals surface area contributed by atoms with Crippen LogP contribution in [-0.4, -0.2) is 38.9 Å². The predicted molar refractivity (Wildman–Crippen MR) is 110 cm³/mol. The summed E-state index contributed by atoms with van der Waals surface area (Å²) in [7, 11) is 0. The van der Waals surface area contributed by atoms with Crippen molar-refractivity contribution in [3.63, 3.8) is 0 Å². The third kappa shape index (κ3) is 3.72. The van der Waals surface area contributed by atoms with Crippen LogP contribution >= 0.6 is 0 Å². The van der Waals surface area contributed by atoms with Crippen LogP contribution in [0.25, 0.3) is 11.5 Å². The topological polar surface area (TPSA) is 103 Å². The summed E-state index contributed by atoms with van der Waals surface area (Å²) in [6.07, 6.45) is -0.853. The monoisotopic (exact) mass is 419 g/mol. The highest BCUT2D eigenvalue weighted by atomic mass is 16.6. The van der Waals surface area contributed by atoms with E-state index in [2.05, 4.69) is 10.2 Å². The molecule has 2 amide bonds. The zero-order valence-electron chi connectivity index (χ0n) is 17.3. The first-order valence-corrected chi connectivity index (χ1v) is 9.94. The van der Waals surface area contributed by atoms with Crippen molar-refractivity contribution in [1.82, 2.24) is 15.1 Å². The van der Waals surface area contributed by atoms with Crippen LogP contribution in [0.2, 0.25) is 0 Å². The summed E-state index contributed by atoms with van der Waals surface area (Å²) in [5.74, 6) is -1.65. The number of amides is 2. The molecule has 2 heterocycles. The van der Waals surface area contributed by atoms with Crippen LogP contribution in [0, 0.1) is 5.92 Å². The average molecular weight is 419 g/mol. The zero-order valence-corrected chi connectivity index (χ0v) is 17.3. The minimum atomic E-state index is -1.08. The van der Waals surface area contributed by atoms with E-state index in [1.807, 2.05) is 30.3 Å². The number of aromatic nitrogens is 2. The molecule has 2 atom stereocenters. The van der Waals surface area contributed by atoms with Gasteiger partial charge in [-0.1, -0.05) is 44.2 Å². The molecule has 0 radical (unpaired) electrons. The van der Waals surface area contributed by atoms with E-state index >= 15 is 0 Å². The summed E-state index contributed by atoms with van der Waals surface area (Å²) in [5.41, 5.74) is 1.30. The van der Waals surface area contributed by atoms with Gasteiger partial charge < -0.3 is 9.15 Å². The van der Waals surface area contributed by atoms with Crippen LogP contribution in [-0.2, 0) is 9.53 Å². The number of imide groups is 1. The fourth-order valence-electron chi connectivity index (χ4n) is 3.53. The number of esters is 1. The molecule has 1 aliphatic heterocycles. The molecule has 0 bridgehead atoms. The number of ether oxygens (including phenoxy) is 1. The van der Waals surface area contributed by atoms with Crippen molar-refractivity contribution in [3.8, 4) is 11.5 Å². The molecule has 0 fully saturated rings. The Morgan fingerprint density at radius 2 is 1.48 bits per heavy atom. The van der Waals surface area contributed by atoms with Gasteiger partial charge in [0.2, 0.25) is 5.89 Å². The van der Waals surface area contributed by atoms with Crippen molar-refractivity contribution in [2.45, 2.75) is 32.9 Å². The van der Waals surface area contributed by atoms with Crippen molar-refractivity contribution in [2.24, 2.45) is 5.92 Å². The number of carbonyl (C=O) groups excluding carboxylic acids is 3. The molecule has 31 heavy (non-hydrogen) atoms. The molecule has 0 aliphatic carbocycles. The van der Waals surface area contributed by atoms with Gasteiger partial charge in [-0.25, -0.2) is 4.79 Å². The maximum atomic E-state index is 13.0. The molecule has 2 aromatic carbocycles. The molecule has 0 saturated heterocycles. The Morgan fingerprint density at radius 1 is 0.903 bits per heavy atom. The lowest BCUT2D eigenvalue weighted by molar-refractivity contribution is -0.156. The van der Waals surface area contributed by atoms with E-state index in [4.69, 9.17) is 9.15 Å². The van der Waals surface area contributed by atoms with Gasteiger partial charge >= 0.3 is 5.97 Å². The highest BCUT2D eigenvalue weighted by molar-refractivity contribution is 6.22. The third-order valence-corrected chi connectivity index (χ3v) is 5.08. The molecule has 8 nitrogen and oxygen atoms in total. The smallest absolute Gasteiger partial charge is 0.330 e. The summed E-state index contributed by atoms with van der Waals surface area (Å²) in [6.45, 7) is 5.10. The normalized spacial score (nSPS) is 15.2. The van der Waals surface area contributed by atoms with E-state index < -0.39 is 29.9 Å². The van der Waals surface area contributed by atoms with E-state index in [-0.39, 0.29) is 22.9 Å². The average Bonchev–Trinajstić information content (AvgIpc) is 3.35. The quantitative estimate of drug-likeness (QED) is 0.444. The van der Waals surface area contributed by atoms with Gasteiger partial charge in [0.1, 0.15) is 6.04 Å². The minimum Gasteiger partial charge on any atom is -0.451 e. The van der Waals surface area contributed by atoms with Gasteiger partial charge in [0.05, 0.1) is 11.1 Å². The van der Waals surface area contributed by atoms with Crippen LogP contribution in [0.5, 0.6) is 0 Å². The summed E-state index contributed by atoms with van der Waals surface area (Å²) < 4.78 is 11.2. The Labute approximate surface area is 178 Å². The lowest BCUT2D eigenvalue weighted by Gasteiger charge is -2.28. The van der Waals surface area contributed by atoms with Crippen molar-refractivity contribution in [3.05, 3.63) is 71.6 Å². The second kappa shape index (κ2) is 8.14. The van der Waals surface area contributed by atoms with Crippen molar-refractivity contribution >= 4 is 17.8 Å². The molecule has 1 aromatic heterocycles. The standard InChI is InChI=1S/C23H21N3O5/c1-13(2)18(26-21(27)16-11-7-8-12-17(16)22(26)28)23(29)30-14(3)19-24-25-20(31-19)15-9-5-4-6-10-15/h4-14,18H,1-3H3/t14-,18+/m0/s1. The predicted octanol–water partition coefficient (Wildman–Crippen LogP) is 3.66. The molecule has 0 saturated carbocycles. The number of benzene rings is 2. The van der Waals surface area contributed by atoms with Gasteiger partial charge in [0.15, 0.2) is 6.10 Å². The van der Waals surface area contributed by atoms with Crippen molar-refractivity contribution in [2.75, 3.05) is 0 Å². The molecular formula is C23H21N3O5. The summed E-state index contributed by atoms with van der Waals surface area (Å²) >= 11 is 0. The highest BCUT2D eigenvalue weighted by Crippen LogP contribution is 2.29. The number of rotatable bonds is 6. The van der Waals surface area contributed by atoms with Crippen LogP contribution in [0.15, 0.2) is 59.0 Å². The molecule has 1 aliphatic rings. The lowest BCUT2D eigenvalue weighted by atomic mass is 10.0. The maximum Gasteiger partial charge on any atom is 0.330 e. The SMILES string of the molecule is CC(C)[C@H](C(=O)O[C@@H](C)c1nnc(-c2ccccc2)o1)N1C(=O)c2ccccc2C1=O. The van der Waals surface area contributed by atoms with Gasteiger partial charge in [-0.3, -0.25) is 14.5 Å². The van der Waals surface area contributed by atoms with Crippen LogP contribution in [0.4, 0.5) is 0 Å². The molecule has 8 heteroatoms. The molecule has 0 unspecified atom stereocenters. The number of nitrogens with zero attached hydrogens (tertiary/aromatic N) is 3. The van der Waals surface area contributed by atoms with Crippen LogP contribution < -0.4 is 0 Å². The lowest BCUT2D eigenvalue weighted by Crippen LogP contribution is -2.48. The Morgan fingerprint density at radius 3 is 2.06 bits per heavy atom. The van der Waals surface area contributed by atoms with E-state index in [1.165, 1.54) is 0 Å². The summed E-state index contributed by atoms with van der Waals surface area (Å²) in [5, 5.41) is 7.97. The second-order valence-electron chi connectivity index (χ2n) is 7.61. The van der Waals surface area contributed by atoms with Gasteiger partial charge in [-0.05, 0) is 37.1 Å². The first kappa shape index (κ1) is 20.5.